The smallest absolute Gasteiger partial charge is 0.416 e. The quantitative estimate of drug-likeness (QED) is 0.348. The van der Waals surface area contributed by atoms with Gasteiger partial charge in [0.1, 0.15) is 11.4 Å². The van der Waals surface area contributed by atoms with Gasteiger partial charge in [0.05, 0.1) is 37.3 Å². The van der Waals surface area contributed by atoms with Gasteiger partial charge in [-0.05, 0) is 58.0 Å². The Morgan fingerprint density at radius 2 is 0.872 bits per heavy atom. The first-order valence-corrected chi connectivity index (χ1v) is 12.7. The van der Waals surface area contributed by atoms with E-state index in [2.05, 4.69) is 88.4 Å². The summed E-state index contributed by atoms with van der Waals surface area (Å²) in [6.07, 6.45) is -10.1. The van der Waals surface area contributed by atoms with Gasteiger partial charge >= 0.3 is 12.4 Å². The number of benzene rings is 3. The summed E-state index contributed by atoms with van der Waals surface area (Å²) in [5.41, 5.74) is -1.62. The maximum Gasteiger partial charge on any atom is 0.416 e. The summed E-state index contributed by atoms with van der Waals surface area (Å²) < 4.78 is 73.4. The number of hydrogen-bond donors (Lipinski definition) is 2. The number of para-hydroxylation sites is 2. The summed E-state index contributed by atoms with van der Waals surface area (Å²) in [4.78, 5) is 3.09. The van der Waals surface area contributed by atoms with Crippen LogP contribution in [0.1, 0.15) is 38.8 Å². The monoisotopic (exact) mass is 556 g/mol. The molecular weight excluding hydrogens is 521 g/mol. The first-order chi connectivity index (χ1) is 18.3. The van der Waals surface area contributed by atoms with Gasteiger partial charge in [-0.2, -0.15) is 26.3 Å². The van der Waals surface area contributed by atoms with Gasteiger partial charge < -0.3 is 19.8 Å². The molecule has 0 heterocycles. The average molecular weight is 556 g/mol. The van der Waals surface area contributed by atoms with E-state index in [9.17, 15) is 36.4 Å². The summed E-state index contributed by atoms with van der Waals surface area (Å²) in [6.45, 7) is 13.5. The van der Waals surface area contributed by atoms with Crippen molar-refractivity contribution in [3.63, 3.8) is 0 Å². The van der Waals surface area contributed by atoms with Gasteiger partial charge in [-0.3, -0.25) is 0 Å². The molecule has 0 fully saturated rings. The molecule has 0 aliphatic carbocycles. The highest BCUT2D eigenvalue weighted by molar-refractivity contribution is 6.55. The van der Waals surface area contributed by atoms with Crippen LogP contribution in [0.15, 0.2) is 78.9 Å². The predicted molar refractivity (Wildman–Crippen MR) is 138 cm³/mol. The van der Waals surface area contributed by atoms with Crippen LogP contribution in [0.3, 0.4) is 0 Å². The number of nitrogens with one attached hydrogen (secondary N) is 2. The second-order valence-corrected chi connectivity index (χ2v) is 8.52. The fourth-order valence-electron chi connectivity index (χ4n) is 3.78. The van der Waals surface area contributed by atoms with Gasteiger partial charge in [-0.15, -0.1) is 5.46 Å². The van der Waals surface area contributed by atoms with Crippen molar-refractivity contribution in [1.82, 2.24) is 0 Å². The van der Waals surface area contributed by atoms with Crippen LogP contribution in [-0.4, -0.2) is 33.3 Å². The van der Waals surface area contributed by atoms with E-state index in [1.165, 1.54) is 37.6 Å². The average Bonchev–Trinajstić information content (AvgIpc) is 2.91. The van der Waals surface area contributed by atoms with Gasteiger partial charge in [0.15, 0.2) is 0 Å². The molecule has 2 N–H and O–H groups in total. The molecule has 0 radical (unpaired) electrons. The lowest BCUT2D eigenvalue weighted by Gasteiger charge is -2.28. The zero-order chi connectivity index (χ0) is 29.6. The first-order valence-electron chi connectivity index (χ1n) is 12.7. The van der Waals surface area contributed by atoms with Gasteiger partial charge in [-0.25, -0.2) is 0 Å². The van der Waals surface area contributed by atoms with E-state index >= 15 is 0 Å². The van der Waals surface area contributed by atoms with Crippen LogP contribution >= 0.6 is 0 Å². The molecule has 0 amide bonds. The zero-order valence-electron chi connectivity index (χ0n) is 22.5. The highest BCUT2D eigenvalue weighted by Crippen LogP contribution is 2.34. The normalized spacial score (nSPS) is 11.4. The minimum Gasteiger partial charge on any atom is -0.889 e. The largest absolute Gasteiger partial charge is 0.889 e. The molecular formula is C28H35BF6N2O2. The van der Waals surface area contributed by atoms with Gasteiger partial charge in [0.25, 0.3) is 0 Å². The number of rotatable bonds is 7. The molecule has 3 aromatic rings. The molecule has 0 atom stereocenters. The number of halogens is 6. The molecule has 3 rings (SSSR count). The van der Waals surface area contributed by atoms with Crippen LogP contribution in [0.25, 0.3) is 0 Å². The third-order valence-electron chi connectivity index (χ3n) is 5.95. The predicted octanol–water partition coefficient (Wildman–Crippen LogP) is 2.63. The van der Waals surface area contributed by atoms with E-state index in [4.69, 9.17) is 0 Å². The maximum absolute atomic E-state index is 12.2. The van der Waals surface area contributed by atoms with E-state index in [-0.39, 0.29) is 18.2 Å². The Morgan fingerprint density at radius 1 is 0.564 bits per heavy atom. The molecule has 0 bridgehead atoms. The molecule has 3 aromatic carbocycles. The lowest BCUT2D eigenvalue weighted by molar-refractivity contribution is -0.828. The van der Waals surface area contributed by atoms with Crippen molar-refractivity contribution < 1.29 is 46.2 Å². The molecule has 0 saturated heterocycles. The van der Waals surface area contributed by atoms with Gasteiger partial charge in [0.2, 0.25) is 0 Å². The summed E-state index contributed by atoms with van der Waals surface area (Å²) in [5.74, 6) is 0. The van der Waals surface area contributed by atoms with Gasteiger partial charge in [-0.1, -0.05) is 55.6 Å². The summed E-state index contributed by atoms with van der Waals surface area (Å²) in [6, 6.07) is 21.3. The molecule has 0 aliphatic rings. The standard InChI is InChI=1S/2C10H15N.C8H3BF6O2/c2*1-3-11(4-2)10-8-6-5-7-9-10;10-7(11,12)4-1-5(8(13,14)15)3-6(2-4)9(16)17/h2*5-9H,3-4H2,1-2H3;1-3H/q;;-2/p+2. The second kappa shape index (κ2) is 16.3. The summed E-state index contributed by atoms with van der Waals surface area (Å²) in [5, 5.41) is 20.8. The Kier molecular flexibility index (Phi) is 14.3. The highest BCUT2D eigenvalue weighted by Gasteiger charge is 2.36. The van der Waals surface area contributed by atoms with E-state index in [0.717, 1.165) is 0 Å². The van der Waals surface area contributed by atoms with Crippen molar-refractivity contribution in [1.29, 1.82) is 0 Å². The van der Waals surface area contributed by atoms with Crippen molar-refractivity contribution in [3.8, 4) is 0 Å². The Hall–Kier alpha value is -2.86. The van der Waals surface area contributed by atoms with E-state index < -0.39 is 36.1 Å². The Labute approximate surface area is 226 Å². The number of hydrogen-bond acceptors (Lipinski definition) is 2. The van der Waals surface area contributed by atoms with E-state index in [0.29, 0.717) is 0 Å². The lowest BCUT2D eigenvalue weighted by Crippen LogP contribution is -3.06. The van der Waals surface area contributed by atoms with Crippen LogP contribution < -0.4 is 25.3 Å². The van der Waals surface area contributed by atoms with Crippen LogP contribution in [-0.2, 0) is 12.4 Å². The third-order valence-corrected chi connectivity index (χ3v) is 5.95. The van der Waals surface area contributed by atoms with Crippen LogP contribution in [0, 0.1) is 0 Å². The second-order valence-electron chi connectivity index (χ2n) is 8.52. The van der Waals surface area contributed by atoms with Crippen molar-refractivity contribution in [2.75, 3.05) is 26.2 Å². The summed E-state index contributed by atoms with van der Waals surface area (Å²) >= 11 is 0. The van der Waals surface area contributed by atoms with Crippen molar-refractivity contribution in [2.45, 2.75) is 40.0 Å². The molecule has 0 spiro atoms. The van der Waals surface area contributed by atoms with Gasteiger partial charge in [0, 0.05) is 0 Å². The molecule has 4 nitrogen and oxygen atoms in total. The minimum atomic E-state index is -5.05. The maximum atomic E-state index is 12.2. The van der Waals surface area contributed by atoms with E-state index in [1.54, 1.807) is 9.80 Å². The fourth-order valence-corrected chi connectivity index (χ4v) is 3.78. The topological polar surface area (TPSA) is 55.0 Å². The lowest BCUT2D eigenvalue weighted by atomic mass is 9.78. The van der Waals surface area contributed by atoms with Crippen molar-refractivity contribution in [3.05, 3.63) is 90.0 Å². The Balaban J connectivity index is 0.000000304. The van der Waals surface area contributed by atoms with Crippen LogP contribution in [0.4, 0.5) is 37.7 Å². The van der Waals surface area contributed by atoms with Crippen molar-refractivity contribution in [2.24, 2.45) is 0 Å². The van der Waals surface area contributed by atoms with E-state index in [1.807, 2.05) is 0 Å². The van der Waals surface area contributed by atoms with Crippen molar-refractivity contribution >= 4 is 24.0 Å². The molecule has 0 aliphatic heterocycles. The molecule has 39 heavy (non-hydrogen) atoms. The minimum absolute atomic E-state index is 0.125. The number of alkyl halides is 6. The molecule has 0 unspecified atom stereocenters. The fraction of sp³-hybridized carbons (Fsp3) is 0.357. The summed E-state index contributed by atoms with van der Waals surface area (Å²) in [7, 11) is -2.90. The number of quaternary nitrogens is 2. The van der Waals surface area contributed by atoms with Crippen LogP contribution in [0.5, 0.6) is 0 Å². The Bertz CT molecular complexity index is 993. The molecule has 0 saturated carbocycles. The Morgan fingerprint density at radius 3 is 1.10 bits per heavy atom. The third kappa shape index (κ3) is 11.8. The first kappa shape index (κ1) is 34.2. The SMILES string of the molecule is CC[NH+](CC)c1ccccc1.CC[NH+](CC)c1ccccc1.[O-]B([O-])c1cc(C(F)(F)F)cc(C(F)(F)F)c1. The van der Waals surface area contributed by atoms with Crippen LogP contribution in [0.2, 0.25) is 0 Å². The zero-order valence-corrected chi connectivity index (χ0v) is 22.5. The molecule has 0 aromatic heterocycles. The molecule has 11 heteroatoms. The highest BCUT2D eigenvalue weighted by atomic mass is 19.4. The molecule has 214 valence electrons.